The largest absolute Gasteiger partial charge is 0.508 e. The Balaban J connectivity index is 2.06. The summed E-state index contributed by atoms with van der Waals surface area (Å²) < 4.78 is 1.09. The molecule has 2 nitrogen and oxygen atoms in total. The third-order valence-electron chi connectivity index (χ3n) is 3.16. The summed E-state index contributed by atoms with van der Waals surface area (Å²) in [4.78, 5) is 0. The smallest absolute Gasteiger partial charge is 0.120 e. The van der Waals surface area contributed by atoms with E-state index in [9.17, 15) is 5.11 Å². The molecule has 2 N–H and O–H groups in total. The van der Waals surface area contributed by atoms with Crippen molar-refractivity contribution in [3.63, 3.8) is 0 Å². The van der Waals surface area contributed by atoms with Crippen LogP contribution in [0.3, 0.4) is 0 Å². The van der Waals surface area contributed by atoms with Gasteiger partial charge in [-0.3, -0.25) is 0 Å². The predicted molar refractivity (Wildman–Crippen MR) is 82.1 cm³/mol. The van der Waals surface area contributed by atoms with E-state index < -0.39 is 0 Å². The van der Waals surface area contributed by atoms with Crippen LogP contribution in [0.2, 0.25) is 0 Å². The molecule has 0 aliphatic rings. The quantitative estimate of drug-likeness (QED) is 0.856. The highest BCUT2D eigenvalue weighted by Crippen LogP contribution is 2.26. The summed E-state index contributed by atoms with van der Waals surface area (Å²) in [5.74, 6) is 0.357. The van der Waals surface area contributed by atoms with E-state index in [1.807, 2.05) is 30.3 Å². The number of phenolic OH excluding ortho intramolecular Hbond substituents is 1. The van der Waals surface area contributed by atoms with E-state index in [1.54, 1.807) is 6.07 Å². The van der Waals surface area contributed by atoms with Gasteiger partial charge in [0.25, 0.3) is 0 Å². The molecule has 1 atom stereocenters. The first-order chi connectivity index (χ1) is 9.20. The molecule has 0 aliphatic heterocycles. The fraction of sp³-hybridized carbons (Fsp3) is 0.250. The van der Waals surface area contributed by atoms with Crippen molar-refractivity contribution in [2.45, 2.75) is 25.9 Å². The summed E-state index contributed by atoms with van der Waals surface area (Å²) in [6.07, 6.45) is 0.936. The van der Waals surface area contributed by atoms with Gasteiger partial charge in [0.2, 0.25) is 0 Å². The second kappa shape index (κ2) is 6.73. The van der Waals surface area contributed by atoms with Gasteiger partial charge in [-0.2, -0.15) is 0 Å². The van der Waals surface area contributed by atoms with Crippen molar-refractivity contribution in [1.82, 2.24) is 5.32 Å². The number of benzene rings is 2. The molecule has 0 saturated heterocycles. The maximum Gasteiger partial charge on any atom is 0.120 e. The molecule has 0 bridgehead atoms. The highest BCUT2D eigenvalue weighted by Gasteiger charge is 2.12. The zero-order valence-corrected chi connectivity index (χ0v) is 12.5. The number of nitrogens with one attached hydrogen (secondary N) is 1. The van der Waals surface area contributed by atoms with E-state index >= 15 is 0 Å². The van der Waals surface area contributed by atoms with E-state index in [0.717, 1.165) is 23.0 Å². The molecule has 3 heteroatoms. The van der Waals surface area contributed by atoms with Crippen molar-refractivity contribution < 1.29 is 5.11 Å². The van der Waals surface area contributed by atoms with Gasteiger partial charge in [-0.1, -0.05) is 53.2 Å². The number of phenols is 1. The van der Waals surface area contributed by atoms with Crippen LogP contribution in [0, 0.1) is 0 Å². The number of hydrogen-bond donors (Lipinski definition) is 2. The van der Waals surface area contributed by atoms with E-state index in [4.69, 9.17) is 0 Å². The van der Waals surface area contributed by atoms with E-state index in [-0.39, 0.29) is 6.04 Å². The molecule has 19 heavy (non-hydrogen) atoms. The first kappa shape index (κ1) is 14.1. The highest BCUT2D eigenvalue weighted by molar-refractivity contribution is 9.10. The third kappa shape index (κ3) is 3.82. The van der Waals surface area contributed by atoms with Gasteiger partial charge in [0.05, 0.1) is 0 Å². The van der Waals surface area contributed by atoms with Gasteiger partial charge in [0.15, 0.2) is 0 Å². The molecule has 0 aliphatic carbocycles. The lowest BCUT2D eigenvalue weighted by molar-refractivity contribution is 0.441. The Labute approximate surface area is 122 Å². The Morgan fingerprint density at radius 1 is 1.16 bits per heavy atom. The van der Waals surface area contributed by atoms with Crippen LogP contribution in [0.1, 0.15) is 30.5 Å². The van der Waals surface area contributed by atoms with Gasteiger partial charge < -0.3 is 10.4 Å². The number of rotatable bonds is 5. The second-order valence-corrected chi connectivity index (χ2v) is 5.45. The average Bonchev–Trinajstić information content (AvgIpc) is 2.41. The van der Waals surface area contributed by atoms with Crippen LogP contribution in [0.5, 0.6) is 5.75 Å². The number of halogens is 1. The molecule has 0 radical (unpaired) electrons. The normalized spacial score (nSPS) is 12.3. The number of aromatic hydroxyl groups is 1. The molecule has 2 aromatic rings. The fourth-order valence-electron chi connectivity index (χ4n) is 2.14. The molecule has 2 aromatic carbocycles. The molecule has 2 rings (SSSR count). The summed E-state index contributed by atoms with van der Waals surface area (Å²) in [7, 11) is 0. The van der Waals surface area contributed by atoms with Crippen LogP contribution in [-0.2, 0) is 6.54 Å². The molecule has 0 heterocycles. The summed E-state index contributed by atoms with van der Waals surface area (Å²) in [5, 5.41) is 13.4. The van der Waals surface area contributed by atoms with Gasteiger partial charge in [0.1, 0.15) is 5.75 Å². The van der Waals surface area contributed by atoms with Gasteiger partial charge >= 0.3 is 0 Å². The highest BCUT2D eigenvalue weighted by atomic mass is 79.9. The van der Waals surface area contributed by atoms with E-state index in [0.29, 0.717) is 5.75 Å². The van der Waals surface area contributed by atoms with E-state index in [2.05, 4.69) is 40.3 Å². The van der Waals surface area contributed by atoms with Gasteiger partial charge in [-0.25, -0.2) is 0 Å². The Morgan fingerprint density at radius 2 is 1.95 bits per heavy atom. The summed E-state index contributed by atoms with van der Waals surface area (Å²) in [5.41, 5.74) is 2.18. The van der Waals surface area contributed by atoms with Crippen molar-refractivity contribution in [3.05, 3.63) is 64.1 Å². The van der Waals surface area contributed by atoms with Crippen molar-refractivity contribution >= 4 is 15.9 Å². The van der Waals surface area contributed by atoms with Crippen LogP contribution < -0.4 is 5.32 Å². The summed E-state index contributed by atoms with van der Waals surface area (Å²) in [6.45, 7) is 2.90. The molecule has 0 fully saturated rings. The maximum absolute atomic E-state index is 9.91. The molecule has 0 saturated carbocycles. The number of para-hydroxylation sites is 1. The zero-order valence-electron chi connectivity index (χ0n) is 10.9. The predicted octanol–water partition coefficient (Wildman–Crippen LogP) is 4.40. The van der Waals surface area contributed by atoms with Crippen LogP contribution in [0.4, 0.5) is 0 Å². The van der Waals surface area contributed by atoms with Gasteiger partial charge in [-0.05, 0) is 30.2 Å². The maximum atomic E-state index is 9.91. The SMILES string of the molecule is CCC(NCc1cccc(Br)c1)c1ccccc1O. The van der Waals surface area contributed by atoms with Crippen molar-refractivity contribution in [3.8, 4) is 5.75 Å². The van der Waals surface area contributed by atoms with Gasteiger partial charge in [0, 0.05) is 22.6 Å². The molecule has 0 amide bonds. The molecule has 100 valence electrons. The Morgan fingerprint density at radius 3 is 2.63 bits per heavy atom. The molecule has 0 aromatic heterocycles. The van der Waals surface area contributed by atoms with Crippen molar-refractivity contribution in [2.24, 2.45) is 0 Å². The lowest BCUT2D eigenvalue weighted by Gasteiger charge is -2.18. The van der Waals surface area contributed by atoms with Crippen LogP contribution in [0.25, 0.3) is 0 Å². The van der Waals surface area contributed by atoms with Crippen LogP contribution in [-0.4, -0.2) is 5.11 Å². The summed E-state index contributed by atoms with van der Waals surface area (Å²) >= 11 is 3.47. The Kier molecular flexibility index (Phi) is 5.00. The van der Waals surface area contributed by atoms with Gasteiger partial charge in [-0.15, -0.1) is 0 Å². The minimum atomic E-state index is 0.167. The first-order valence-electron chi connectivity index (χ1n) is 6.46. The van der Waals surface area contributed by atoms with Crippen molar-refractivity contribution in [1.29, 1.82) is 0 Å². The molecule has 0 spiro atoms. The zero-order chi connectivity index (χ0) is 13.7. The average molecular weight is 320 g/mol. The lowest BCUT2D eigenvalue weighted by atomic mass is 10.0. The fourth-order valence-corrected chi connectivity index (χ4v) is 2.59. The van der Waals surface area contributed by atoms with Crippen LogP contribution >= 0.6 is 15.9 Å². The Hall–Kier alpha value is -1.32. The second-order valence-electron chi connectivity index (χ2n) is 4.53. The van der Waals surface area contributed by atoms with Crippen LogP contribution in [0.15, 0.2) is 53.0 Å². The minimum Gasteiger partial charge on any atom is -0.508 e. The lowest BCUT2D eigenvalue weighted by Crippen LogP contribution is -2.20. The van der Waals surface area contributed by atoms with E-state index in [1.165, 1.54) is 5.56 Å². The first-order valence-corrected chi connectivity index (χ1v) is 7.25. The standard InChI is InChI=1S/C16H18BrNO/c1-2-15(14-8-3-4-9-16(14)19)18-11-12-6-5-7-13(17)10-12/h3-10,15,18-19H,2,11H2,1H3. The molecular formula is C16H18BrNO. The molecular weight excluding hydrogens is 302 g/mol. The monoisotopic (exact) mass is 319 g/mol. The summed E-state index contributed by atoms with van der Waals surface area (Å²) in [6, 6.07) is 15.9. The topological polar surface area (TPSA) is 32.3 Å². The Bertz CT molecular complexity index is 542. The third-order valence-corrected chi connectivity index (χ3v) is 3.66. The van der Waals surface area contributed by atoms with Crippen molar-refractivity contribution in [2.75, 3.05) is 0 Å². The number of hydrogen-bond acceptors (Lipinski definition) is 2. The minimum absolute atomic E-state index is 0.167. The molecule has 1 unspecified atom stereocenters.